The van der Waals surface area contributed by atoms with Crippen molar-refractivity contribution in [2.75, 3.05) is 5.32 Å². The zero-order chi connectivity index (χ0) is 18.0. The molecule has 0 aliphatic heterocycles. The predicted molar refractivity (Wildman–Crippen MR) is 103 cm³/mol. The summed E-state index contributed by atoms with van der Waals surface area (Å²) in [5, 5.41) is 2.99. The number of amides is 1. The van der Waals surface area contributed by atoms with Crippen molar-refractivity contribution >= 4 is 22.6 Å². The Kier molecular flexibility index (Phi) is 4.88. The van der Waals surface area contributed by atoms with E-state index in [9.17, 15) is 4.79 Å². The molecule has 0 radical (unpaired) electrons. The van der Waals surface area contributed by atoms with E-state index in [0.717, 1.165) is 39.2 Å². The molecular weight excluding hydrogens is 310 g/mol. The number of aromatic nitrogens is 2. The SMILES string of the molecule is Cc1cc(C)cc(NC(=O)CCc2ccc3nc(C(C)C)[nH]c3c2)c1. The maximum Gasteiger partial charge on any atom is 0.224 e. The molecule has 0 saturated heterocycles. The van der Waals surface area contributed by atoms with Crippen LogP contribution in [0.4, 0.5) is 5.69 Å². The molecule has 3 aromatic rings. The lowest BCUT2D eigenvalue weighted by atomic mass is 10.1. The van der Waals surface area contributed by atoms with Gasteiger partial charge in [-0.15, -0.1) is 0 Å². The lowest BCUT2D eigenvalue weighted by Gasteiger charge is -2.08. The van der Waals surface area contributed by atoms with Crippen LogP contribution in [0.1, 0.15) is 48.7 Å². The fourth-order valence-corrected chi connectivity index (χ4v) is 3.03. The molecule has 4 heteroatoms. The van der Waals surface area contributed by atoms with Crippen molar-refractivity contribution in [1.82, 2.24) is 9.97 Å². The number of rotatable bonds is 5. The van der Waals surface area contributed by atoms with E-state index < -0.39 is 0 Å². The van der Waals surface area contributed by atoms with Crippen LogP contribution in [0.3, 0.4) is 0 Å². The number of carbonyl (C=O) groups excluding carboxylic acids is 1. The third kappa shape index (κ3) is 4.27. The number of carbonyl (C=O) groups is 1. The Labute approximate surface area is 148 Å². The fraction of sp³-hybridized carbons (Fsp3) is 0.333. The molecule has 0 atom stereocenters. The molecule has 0 saturated carbocycles. The number of nitrogens with zero attached hydrogens (tertiary/aromatic N) is 1. The maximum absolute atomic E-state index is 12.2. The van der Waals surface area contributed by atoms with Crippen molar-refractivity contribution in [2.24, 2.45) is 0 Å². The Morgan fingerprint density at radius 3 is 2.52 bits per heavy atom. The van der Waals surface area contributed by atoms with E-state index in [0.29, 0.717) is 18.8 Å². The highest BCUT2D eigenvalue weighted by Gasteiger charge is 2.08. The van der Waals surface area contributed by atoms with Crippen LogP contribution in [0, 0.1) is 13.8 Å². The van der Waals surface area contributed by atoms with Gasteiger partial charge in [-0.05, 0) is 61.2 Å². The number of benzene rings is 2. The fourth-order valence-electron chi connectivity index (χ4n) is 3.03. The van der Waals surface area contributed by atoms with Crippen molar-refractivity contribution < 1.29 is 4.79 Å². The molecule has 4 nitrogen and oxygen atoms in total. The van der Waals surface area contributed by atoms with Gasteiger partial charge in [0.1, 0.15) is 5.82 Å². The highest BCUT2D eigenvalue weighted by Crippen LogP contribution is 2.19. The number of hydrogen-bond donors (Lipinski definition) is 2. The van der Waals surface area contributed by atoms with E-state index in [-0.39, 0.29) is 5.91 Å². The molecule has 130 valence electrons. The summed E-state index contributed by atoms with van der Waals surface area (Å²) in [5.74, 6) is 1.41. The second-order valence-electron chi connectivity index (χ2n) is 7.05. The number of imidazole rings is 1. The van der Waals surface area contributed by atoms with Crippen molar-refractivity contribution in [3.8, 4) is 0 Å². The molecule has 1 amide bonds. The molecule has 2 N–H and O–H groups in total. The van der Waals surface area contributed by atoms with Gasteiger partial charge in [0.2, 0.25) is 5.91 Å². The predicted octanol–water partition coefficient (Wildman–Crippen LogP) is 4.87. The molecule has 25 heavy (non-hydrogen) atoms. The summed E-state index contributed by atoms with van der Waals surface area (Å²) in [6, 6.07) is 12.3. The van der Waals surface area contributed by atoms with Crippen LogP contribution in [0.15, 0.2) is 36.4 Å². The van der Waals surface area contributed by atoms with Gasteiger partial charge in [0.25, 0.3) is 0 Å². The molecular formula is C21H25N3O. The van der Waals surface area contributed by atoms with E-state index in [1.165, 1.54) is 0 Å². The van der Waals surface area contributed by atoms with Crippen molar-refractivity contribution in [3.63, 3.8) is 0 Å². The molecule has 3 rings (SSSR count). The monoisotopic (exact) mass is 335 g/mol. The van der Waals surface area contributed by atoms with E-state index >= 15 is 0 Å². The van der Waals surface area contributed by atoms with Gasteiger partial charge in [0.05, 0.1) is 11.0 Å². The molecule has 0 aliphatic carbocycles. The number of anilines is 1. The highest BCUT2D eigenvalue weighted by atomic mass is 16.1. The number of aromatic amines is 1. The maximum atomic E-state index is 12.2. The Bertz CT molecular complexity index is 888. The smallest absolute Gasteiger partial charge is 0.224 e. The van der Waals surface area contributed by atoms with Crippen LogP contribution in [0.5, 0.6) is 0 Å². The molecule has 0 fully saturated rings. The van der Waals surface area contributed by atoms with Gasteiger partial charge in [-0.1, -0.05) is 26.0 Å². The summed E-state index contributed by atoms with van der Waals surface area (Å²) in [6.07, 6.45) is 1.17. The van der Waals surface area contributed by atoms with Crippen LogP contribution in [0.25, 0.3) is 11.0 Å². The average Bonchev–Trinajstić information content (AvgIpc) is 2.95. The summed E-state index contributed by atoms with van der Waals surface area (Å²) in [7, 11) is 0. The summed E-state index contributed by atoms with van der Waals surface area (Å²) < 4.78 is 0. The normalized spacial score (nSPS) is 11.2. The van der Waals surface area contributed by atoms with Crippen LogP contribution in [0.2, 0.25) is 0 Å². The van der Waals surface area contributed by atoms with Gasteiger partial charge in [0, 0.05) is 18.0 Å². The Morgan fingerprint density at radius 1 is 1.12 bits per heavy atom. The van der Waals surface area contributed by atoms with Crippen LogP contribution < -0.4 is 5.32 Å². The zero-order valence-corrected chi connectivity index (χ0v) is 15.3. The quantitative estimate of drug-likeness (QED) is 0.698. The first kappa shape index (κ1) is 17.2. The number of hydrogen-bond acceptors (Lipinski definition) is 2. The first-order chi connectivity index (χ1) is 11.9. The van der Waals surface area contributed by atoms with E-state index in [4.69, 9.17) is 0 Å². The number of aryl methyl sites for hydroxylation is 3. The van der Waals surface area contributed by atoms with Gasteiger partial charge in [-0.2, -0.15) is 0 Å². The number of nitrogens with one attached hydrogen (secondary N) is 2. The summed E-state index contributed by atoms with van der Waals surface area (Å²) in [6.45, 7) is 8.31. The van der Waals surface area contributed by atoms with E-state index in [1.807, 2.05) is 32.0 Å². The molecule has 2 aromatic carbocycles. The first-order valence-electron chi connectivity index (χ1n) is 8.77. The lowest BCUT2D eigenvalue weighted by Crippen LogP contribution is -2.12. The summed E-state index contributed by atoms with van der Waals surface area (Å²) in [4.78, 5) is 20.2. The minimum Gasteiger partial charge on any atom is -0.342 e. The zero-order valence-electron chi connectivity index (χ0n) is 15.3. The van der Waals surface area contributed by atoms with Crippen LogP contribution in [-0.2, 0) is 11.2 Å². The minimum absolute atomic E-state index is 0.0394. The van der Waals surface area contributed by atoms with E-state index in [1.54, 1.807) is 0 Å². The van der Waals surface area contributed by atoms with Gasteiger partial charge in [-0.3, -0.25) is 4.79 Å². The highest BCUT2D eigenvalue weighted by molar-refractivity contribution is 5.91. The third-order valence-electron chi connectivity index (χ3n) is 4.26. The molecule has 0 spiro atoms. The third-order valence-corrected chi connectivity index (χ3v) is 4.26. The average molecular weight is 335 g/mol. The van der Waals surface area contributed by atoms with E-state index in [2.05, 4.69) is 47.3 Å². The molecule has 0 aliphatic rings. The standard InChI is InChI=1S/C21H25N3O/c1-13(2)21-23-18-7-5-16(12-19(18)24-21)6-8-20(25)22-17-10-14(3)9-15(4)11-17/h5,7,9-13H,6,8H2,1-4H3,(H,22,25)(H,23,24). The summed E-state index contributed by atoms with van der Waals surface area (Å²) >= 11 is 0. The number of fused-ring (bicyclic) bond motifs is 1. The van der Waals surface area contributed by atoms with Crippen molar-refractivity contribution in [3.05, 3.63) is 58.9 Å². The van der Waals surface area contributed by atoms with Crippen LogP contribution >= 0.6 is 0 Å². The Hall–Kier alpha value is -2.62. The van der Waals surface area contributed by atoms with Gasteiger partial charge in [-0.25, -0.2) is 4.98 Å². The van der Waals surface area contributed by atoms with Crippen molar-refractivity contribution in [2.45, 2.75) is 46.5 Å². The van der Waals surface area contributed by atoms with Gasteiger partial charge < -0.3 is 10.3 Å². The Morgan fingerprint density at radius 2 is 1.84 bits per heavy atom. The van der Waals surface area contributed by atoms with Gasteiger partial charge in [0.15, 0.2) is 0 Å². The number of H-pyrrole nitrogens is 1. The Balaban J connectivity index is 1.64. The topological polar surface area (TPSA) is 57.8 Å². The molecule has 0 bridgehead atoms. The molecule has 0 unspecified atom stereocenters. The second kappa shape index (κ2) is 7.09. The first-order valence-corrected chi connectivity index (χ1v) is 8.77. The van der Waals surface area contributed by atoms with Crippen LogP contribution in [-0.4, -0.2) is 15.9 Å². The molecule has 1 heterocycles. The van der Waals surface area contributed by atoms with Gasteiger partial charge >= 0.3 is 0 Å². The lowest BCUT2D eigenvalue weighted by molar-refractivity contribution is -0.116. The van der Waals surface area contributed by atoms with Crippen molar-refractivity contribution in [1.29, 1.82) is 0 Å². The largest absolute Gasteiger partial charge is 0.342 e. The molecule has 1 aromatic heterocycles. The summed E-state index contributed by atoms with van der Waals surface area (Å²) in [5.41, 5.74) is 6.33. The second-order valence-corrected chi connectivity index (χ2v) is 7.05. The minimum atomic E-state index is 0.0394.